The summed E-state index contributed by atoms with van der Waals surface area (Å²) in [5.74, 6) is -0.325. The fourth-order valence-electron chi connectivity index (χ4n) is 3.19. The number of halogens is 1. The zero-order valence-electron chi connectivity index (χ0n) is 13.4. The van der Waals surface area contributed by atoms with Crippen LogP contribution in [0.3, 0.4) is 0 Å². The van der Waals surface area contributed by atoms with E-state index in [1.54, 1.807) is 6.07 Å². The summed E-state index contributed by atoms with van der Waals surface area (Å²) in [6, 6.07) is 6.58. The molecule has 22 heavy (non-hydrogen) atoms. The molecule has 0 radical (unpaired) electrons. The number of hydrogen-bond acceptors (Lipinski definition) is 2. The van der Waals surface area contributed by atoms with Gasteiger partial charge < -0.3 is 10.4 Å². The predicted molar refractivity (Wildman–Crippen MR) is 84.9 cm³/mol. The van der Waals surface area contributed by atoms with Gasteiger partial charge in [0.05, 0.1) is 6.61 Å². The van der Waals surface area contributed by atoms with E-state index in [1.807, 2.05) is 19.9 Å². The van der Waals surface area contributed by atoms with Crippen molar-refractivity contribution in [1.29, 1.82) is 0 Å². The Kier molecular flexibility index (Phi) is 5.57. The lowest BCUT2D eigenvalue weighted by molar-refractivity contribution is -0.126. The maximum Gasteiger partial charge on any atom is 0.223 e. The monoisotopic (exact) mass is 307 g/mol. The molecule has 1 aromatic carbocycles. The lowest BCUT2D eigenvalue weighted by Gasteiger charge is -2.31. The molecule has 0 heterocycles. The van der Waals surface area contributed by atoms with Crippen molar-refractivity contribution < 1.29 is 14.3 Å². The zero-order chi connectivity index (χ0) is 16.2. The van der Waals surface area contributed by atoms with Crippen LogP contribution < -0.4 is 5.32 Å². The highest BCUT2D eigenvalue weighted by Gasteiger charge is 2.39. The van der Waals surface area contributed by atoms with Crippen LogP contribution in [0.2, 0.25) is 0 Å². The fraction of sp³-hybridized carbons (Fsp3) is 0.611. The number of aliphatic hydroxyl groups excluding tert-OH is 1. The Morgan fingerprint density at radius 2 is 2.32 bits per heavy atom. The summed E-state index contributed by atoms with van der Waals surface area (Å²) in [5.41, 5.74) is 0.721. The van der Waals surface area contributed by atoms with E-state index in [0.717, 1.165) is 24.8 Å². The largest absolute Gasteiger partial charge is 0.396 e. The molecule has 2 N–H and O–H groups in total. The van der Waals surface area contributed by atoms with Crippen LogP contribution in [-0.2, 0) is 11.2 Å². The van der Waals surface area contributed by atoms with Gasteiger partial charge in [0.1, 0.15) is 5.82 Å². The standard InChI is InChI=1S/C18H26FNO2/c1-13(8-9-14-5-3-6-15(19)11-14)17(22)20-16-7-4-10-18(16,2)12-21/h3,5-6,11,13,16,21H,4,7-10,12H2,1-2H3,(H,20,22). The summed E-state index contributed by atoms with van der Waals surface area (Å²) in [6.45, 7) is 4.04. The van der Waals surface area contributed by atoms with E-state index in [0.29, 0.717) is 12.8 Å². The second-order valence-corrected chi connectivity index (χ2v) is 6.84. The highest BCUT2D eigenvalue weighted by Crippen LogP contribution is 2.37. The summed E-state index contributed by atoms with van der Waals surface area (Å²) < 4.78 is 13.1. The molecule has 0 saturated heterocycles. The average molecular weight is 307 g/mol. The van der Waals surface area contributed by atoms with Crippen LogP contribution in [0.1, 0.15) is 45.1 Å². The van der Waals surface area contributed by atoms with Crippen LogP contribution >= 0.6 is 0 Å². The molecule has 1 amide bonds. The Balaban J connectivity index is 1.84. The third-order valence-electron chi connectivity index (χ3n) is 4.96. The Morgan fingerprint density at radius 3 is 3.00 bits per heavy atom. The smallest absolute Gasteiger partial charge is 0.223 e. The molecule has 0 bridgehead atoms. The summed E-state index contributed by atoms with van der Waals surface area (Å²) in [7, 11) is 0. The molecule has 2 rings (SSSR count). The molecule has 1 aromatic rings. The summed E-state index contributed by atoms with van der Waals surface area (Å²) in [6.07, 6.45) is 4.30. The van der Waals surface area contributed by atoms with Crippen LogP contribution in [-0.4, -0.2) is 23.7 Å². The van der Waals surface area contributed by atoms with E-state index in [1.165, 1.54) is 12.1 Å². The molecular weight excluding hydrogens is 281 g/mol. The molecule has 3 nitrogen and oxygen atoms in total. The fourth-order valence-corrected chi connectivity index (χ4v) is 3.19. The third kappa shape index (κ3) is 4.07. The Labute approximate surface area is 131 Å². The van der Waals surface area contributed by atoms with Crippen LogP contribution in [0.25, 0.3) is 0 Å². The van der Waals surface area contributed by atoms with E-state index in [-0.39, 0.29) is 35.7 Å². The normalized spacial score (nSPS) is 25.9. The van der Waals surface area contributed by atoms with Crippen molar-refractivity contribution in [3.63, 3.8) is 0 Å². The first-order valence-electron chi connectivity index (χ1n) is 8.10. The summed E-state index contributed by atoms with van der Waals surface area (Å²) in [4.78, 5) is 12.3. The first-order valence-corrected chi connectivity index (χ1v) is 8.10. The topological polar surface area (TPSA) is 49.3 Å². The molecule has 1 aliphatic rings. The number of benzene rings is 1. The van der Waals surface area contributed by atoms with Gasteiger partial charge in [0.15, 0.2) is 0 Å². The number of hydrogen-bond donors (Lipinski definition) is 2. The lowest BCUT2D eigenvalue weighted by atomic mass is 9.85. The molecule has 122 valence electrons. The van der Waals surface area contributed by atoms with E-state index >= 15 is 0 Å². The average Bonchev–Trinajstić information content (AvgIpc) is 2.86. The molecule has 4 heteroatoms. The summed E-state index contributed by atoms with van der Waals surface area (Å²) in [5, 5.41) is 12.6. The number of amides is 1. The van der Waals surface area contributed by atoms with Crippen molar-refractivity contribution in [3.8, 4) is 0 Å². The van der Waals surface area contributed by atoms with Crippen LogP contribution in [0, 0.1) is 17.2 Å². The maximum absolute atomic E-state index is 13.1. The van der Waals surface area contributed by atoms with Gasteiger partial charge in [0.25, 0.3) is 0 Å². The second-order valence-electron chi connectivity index (χ2n) is 6.84. The highest BCUT2D eigenvalue weighted by molar-refractivity contribution is 5.78. The van der Waals surface area contributed by atoms with Crippen molar-refractivity contribution >= 4 is 5.91 Å². The SMILES string of the molecule is CC(CCc1cccc(F)c1)C(=O)NC1CCCC1(C)CO. The van der Waals surface area contributed by atoms with Gasteiger partial charge in [-0.05, 0) is 43.4 Å². The van der Waals surface area contributed by atoms with Crippen molar-refractivity contribution in [2.24, 2.45) is 11.3 Å². The quantitative estimate of drug-likeness (QED) is 0.848. The van der Waals surface area contributed by atoms with Crippen LogP contribution in [0.4, 0.5) is 4.39 Å². The first-order chi connectivity index (χ1) is 10.4. The molecule has 0 aromatic heterocycles. The number of nitrogens with one attached hydrogen (secondary N) is 1. The second kappa shape index (κ2) is 7.23. The van der Waals surface area contributed by atoms with E-state index in [4.69, 9.17) is 0 Å². The highest BCUT2D eigenvalue weighted by atomic mass is 19.1. The lowest BCUT2D eigenvalue weighted by Crippen LogP contribution is -2.46. The molecule has 1 fully saturated rings. The number of aryl methyl sites for hydroxylation is 1. The molecule has 1 aliphatic carbocycles. The van der Waals surface area contributed by atoms with Crippen LogP contribution in [0.15, 0.2) is 24.3 Å². The molecule has 3 atom stereocenters. The van der Waals surface area contributed by atoms with Crippen molar-refractivity contribution in [2.75, 3.05) is 6.61 Å². The molecule has 3 unspecified atom stereocenters. The van der Waals surface area contributed by atoms with Gasteiger partial charge in [-0.25, -0.2) is 4.39 Å². The van der Waals surface area contributed by atoms with Gasteiger partial charge in [-0.3, -0.25) is 4.79 Å². The van der Waals surface area contributed by atoms with Gasteiger partial charge in [0, 0.05) is 17.4 Å². The van der Waals surface area contributed by atoms with Gasteiger partial charge in [-0.2, -0.15) is 0 Å². The minimum Gasteiger partial charge on any atom is -0.396 e. The number of rotatable bonds is 6. The first kappa shape index (κ1) is 16.9. The molecule has 0 spiro atoms. The third-order valence-corrected chi connectivity index (χ3v) is 4.96. The summed E-state index contributed by atoms with van der Waals surface area (Å²) >= 11 is 0. The predicted octanol–water partition coefficient (Wildman–Crippen LogP) is 3.06. The van der Waals surface area contributed by atoms with E-state index < -0.39 is 0 Å². The van der Waals surface area contributed by atoms with Crippen molar-refractivity contribution in [3.05, 3.63) is 35.6 Å². The van der Waals surface area contributed by atoms with Gasteiger partial charge in [0.2, 0.25) is 5.91 Å². The van der Waals surface area contributed by atoms with Crippen molar-refractivity contribution in [1.82, 2.24) is 5.32 Å². The minimum absolute atomic E-state index is 0.0305. The van der Waals surface area contributed by atoms with Gasteiger partial charge in [-0.1, -0.05) is 32.4 Å². The van der Waals surface area contributed by atoms with Gasteiger partial charge in [-0.15, -0.1) is 0 Å². The Hall–Kier alpha value is -1.42. The molecular formula is C18H26FNO2. The zero-order valence-corrected chi connectivity index (χ0v) is 13.4. The van der Waals surface area contributed by atoms with E-state index in [2.05, 4.69) is 5.32 Å². The number of carbonyl (C=O) groups excluding carboxylic acids is 1. The molecule has 0 aliphatic heterocycles. The number of aliphatic hydroxyl groups is 1. The van der Waals surface area contributed by atoms with Gasteiger partial charge >= 0.3 is 0 Å². The van der Waals surface area contributed by atoms with E-state index in [9.17, 15) is 14.3 Å². The Morgan fingerprint density at radius 1 is 1.55 bits per heavy atom. The Bertz CT molecular complexity index is 520. The van der Waals surface area contributed by atoms with Crippen molar-refractivity contribution in [2.45, 2.75) is 52.0 Å². The maximum atomic E-state index is 13.1. The minimum atomic E-state index is -0.237. The number of carbonyl (C=O) groups is 1. The molecule has 1 saturated carbocycles. The van der Waals surface area contributed by atoms with Crippen LogP contribution in [0.5, 0.6) is 0 Å².